The molecule has 0 aromatic heterocycles. The molecule has 24 heavy (non-hydrogen) atoms. The average Bonchev–Trinajstić information content (AvgIpc) is 2.41. The fraction of sp³-hybridized carbons (Fsp3) is 0.727. The predicted molar refractivity (Wildman–Crippen MR) is 119 cm³/mol. The Hall–Kier alpha value is -0.346. The summed E-state index contributed by atoms with van der Waals surface area (Å²) in [5.74, 6) is 0. The average molecular weight is 363 g/mol. The topological polar surface area (TPSA) is 0 Å². The van der Waals surface area contributed by atoms with Crippen molar-refractivity contribution in [3.8, 4) is 0 Å². The third-order valence-corrected chi connectivity index (χ3v) is 10.3. The molecule has 1 rings (SSSR count). The fourth-order valence-corrected chi connectivity index (χ4v) is 6.77. The van der Waals surface area contributed by atoms with Crippen molar-refractivity contribution in [1.82, 2.24) is 0 Å². The van der Waals surface area contributed by atoms with Crippen molar-refractivity contribution in [2.24, 2.45) is 0 Å². The number of rotatable bonds is 6. The lowest BCUT2D eigenvalue weighted by atomic mass is 9.81. The van der Waals surface area contributed by atoms with E-state index in [9.17, 15) is 0 Å². The van der Waals surface area contributed by atoms with Crippen molar-refractivity contribution in [3.63, 3.8) is 0 Å². The van der Waals surface area contributed by atoms with Crippen molar-refractivity contribution in [2.75, 3.05) is 0 Å². The van der Waals surface area contributed by atoms with E-state index in [2.05, 4.69) is 85.9 Å². The summed E-state index contributed by atoms with van der Waals surface area (Å²) >= 11 is 0. The summed E-state index contributed by atoms with van der Waals surface area (Å²) in [5.41, 5.74) is 3.48. The van der Waals surface area contributed by atoms with E-state index in [1.54, 1.807) is 5.19 Å². The molecule has 0 amide bonds. The summed E-state index contributed by atoms with van der Waals surface area (Å²) in [6.07, 6.45) is 2.88. The molecule has 0 heterocycles. The van der Waals surface area contributed by atoms with Gasteiger partial charge in [-0.3, -0.25) is 0 Å². The zero-order valence-corrected chi connectivity index (χ0v) is 20.3. The predicted octanol–water partition coefficient (Wildman–Crippen LogP) is 6.46. The molecule has 0 aliphatic heterocycles. The molecular weight excluding hydrogens is 320 g/mol. The van der Waals surface area contributed by atoms with Crippen LogP contribution in [0.25, 0.3) is 0 Å². The smallest absolute Gasteiger partial charge is 0.0722 e. The monoisotopic (exact) mass is 362 g/mol. The Morgan fingerprint density at radius 3 is 1.62 bits per heavy atom. The van der Waals surface area contributed by atoms with E-state index in [0.29, 0.717) is 0 Å². The summed E-state index contributed by atoms with van der Waals surface area (Å²) in [6, 6.07) is 10.5. The molecule has 138 valence electrons. The van der Waals surface area contributed by atoms with Crippen LogP contribution in [-0.2, 0) is 10.8 Å². The third kappa shape index (κ3) is 6.52. The van der Waals surface area contributed by atoms with Crippen molar-refractivity contribution >= 4 is 22.1 Å². The molecule has 0 saturated heterocycles. The van der Waals surface area contributed by atoms with Gasteiger partial charge in [0.15, 0.2) is 0 Å². The summed E-state index contributed by atoms with van der Waals surface area (Å²) in [5, 5.41) is 1.67. The Labute approximate surface area is 155 Å². The molecule has 1 aromatic carbocycles. The van der Waals surface area contributed by atoms with Gasteiger partial charge in [-0.25, -0.2) is 0 Å². The summed E-state index contributed by atoms with van der Waals surface area (Å²) in [6.45, 7) is 24.2. The maximum atomic E-state index is 2.58. The van der Waals surface area contributed by atoms with Crippen molar-refractivity contribution in [2.45, 2.75) is 103 Å². The summed E-state index contributed by atoms with van der Waals surface area (Å²) in [7, 11) is -1.73. The van der Waals surface area contributed by atoms with Gasteiger partial charge >= 0.3 is 0 Å². The Balaban J connectivity index is 3.12. The van der Waals surface area contributed by atoms with E-state index < -0.39 is 8.07 Å². The minimum Gasteiger partial charge on any atom is -0.0722 e. The first-order chi connectivity index (χ1) is 10.7. The van der Waals surface area contributed by atoms with Gasteiger partial charge in [0, 0.05) is 8.80 Å². The molecule has 1 aromatic rings. The largest absolute Gasteiger partial charge is 0.0806 e. The van der Waals surface area contributed by atoms with Crippen molar-refractivity contribution in [1.29, 1.82) is 0 Å². The van der Waals surface area contributed by atoms with E-state index in [-0.39, 0.29) is 19.6 Å². The minimum absolute atomic E-state index is 0.226. The molecule has 0 aliphatic carbocycles. The first kappa shape index (κ1) is 21.7. The first-order valence-corrected chi connectivity index (χ1v) is 16.2. The molecule has 0 aliphatic rings. The molecule has 0 unspecified atom stereocenters. The van der Waals surface area contributed by atoms with Gasteiger partial charge in [-0.1, -0.05) is 116 Å². The Kier molecular flexibility index (Phi) is 7.15. The van der Waals surface area contributed by atoms with Crippen LogP contribution >= 0.6 is 0 Å². The van der Waals surface area contributed by atoms with Gasteiger partial charge in [0.25, 0.3) is 0 Å². The van der Waals surface area contributed by atoms with Crippen LogP contribution in [0.5, 0.6) is 0 Å². The quantitative estimate of drug-likeness (QED) is 0.402. The Bertz CT molecular complexity index is 496. The lowest BCUT2D eigenvalue weighted by Crippen LogP contribution is -2.42. The number of benzene rings is 1. The molecule has 0 fully saturated rings. The lowest BCUT2D eigenvalue weighted by molar-refractivity contribution is 0.569. The van der Waals surface area contributed by atoms with E-state index in [0.717, 1.165) is 0 Å². The van der Waals surface area contributed by atoms with E-state index in [4.69, 9.17) is 0 Å². The molecule has 0 atom stereocenters. The maximum absolute atomic E-state index is 2.58. The highest BCUT2D eigenvalue weighted by atomic mass is 28.3. The molecule has 0 bridgehead atoms. The molecule has 0 nitrogen and oxygen atoms in total. The van der Waals surface area contributed by atoms with Crippen LogP contribution in [-0.4, -0.2) is 16.9 Å². The highest BCUT2D eigenvalue weighted by Crippen LogP contribution is 2.29. The van der Waals surface area contributed by atoms with Crippen LogP contribution in [0.3, 0.4) is 0 Å². The van der Waals surface area contributed by atoms with Crippen LogP contribution < -0.4 is 5.19 Å². The molecule has 0 radical (unpaired) electrons. The Morgan fingerprint density at radius 2 is 1.25 bits per heavy atom. The number of hydrogen-bond donors (Lipinski definition) is 0. The third-order valence-electron chi connectivity index (χ3n) is 5.28. The minimum atomic E-state index is -1.36. The lowest BCUT2D eigenvalue weighted by Gasteiger charge is -2.31. The standard InChI is InChI=1S/C22H42Si2/c1-21(2,3)18-15-19(22(4,5)6)17-20(16-18)24(9,10)14-12-11-13-23(7)8/h15-17,23H,11-14H2,1-10H3. The van der Waals surface area contributed by atoms with Crippen molar-refractivity contribution < 1.29 is 0 Å². The van der Waals surface area contributed by atoms with Gasteiger partial charge < -0.3 is 0 Å². The first-order valence-electron chi connectivity index (χ1n) is 9.90. The summed E-state index contributed by atoms with van der Waals surface area (Å²) in [4.78, 5) is 0. The van der Waals surface area contributed by atoms with Gasteiger partial charge in [0.1, 0.15) is 0 Å². The highest BCUT2D eigenvalue weighted by Gasteiger charge is 2.27. The van der Waals surface area contributed by atoms with Crippen LogP contribution in [0.2, 0.25) is 38.3 Å². The second-order valence-electron chi connectivity index (χ2n) is 10.8. The van der Waals surface area contributed by atoms with Gasteiger partial charge in [0.05, 0.1) is 8.07 Å². The second-order valence-corrected chi connectivity index (χ2v) is 19.0. The second kappa shape index (κ2) is 7.91. The Morgan fingerprint density at radius 1 is 0.792 bits per heavy atom. The molecule has 0 saturated carbocycles. The highest BCUT2D eigenvalue weighted by molar-refractivity contribution is 6.89. The van der Waals surface area contributed by atoms with E-state index in [1.165, 1.54) is 36.1 Å². The number of hydrogen-bond acceptors (Lipinski definition) is 0. The maximum Gasteiger partial charge on any atom is 0.0806 e. The zero-order valence-electron chi connectivity index (χ0n) is 18.1. The molecular formula is C22H42Si2. The van der Waals surface area contributed by atoms with Gasteiger partial charge in [0.2, 0.25) is 0 Å². The van der Waals surface area contributed by atoms with Gasteiger partial charge in [-0.05, 0) is 22.0 Å². The van der Waals surface area contributed by atoms with Crippen molar-refractivity contribution in [3.05, 3.63) is 29.3 Å². The van der Waals surface area contributed by atoms with Gasteiger partial charge in [-0.15, -0.1) is 0 Å². The normalized spacial score (nSPS) is 13.6. The molecule has 0 N–H and O–H groups in total. The SMILES string of the molecule is C[SiH](C)CCCC[Si](C)(C)c1cc(C(C)(C)C)cc(C(C)(C)C)c1. The summed E-state index contributed by atoms with van der Waals surface area (Å²) < 4.78 is 0. The van der Waals surface area contributed by atoms with E-state index >= 15 is 0 Å². The van der Waals surface area contributed by atoms with Crippen LogP contribution in [0.4, 0.5) is 0 Å². The van der Waals surface area contributed by atoms with Crippen LogP contribution in [0.15, 0.2) is 18.2 Å². The van der Waals surface area contributed by atoms with E-state index in [1.807, 2.05) is 0 Å². The molecule has 0 spiro atoms. The van der Waals surface area contributed by atoms with Crippen LogP contribution in [0.1, 0.15) is 65.5 Å². The zero-order chi connectivity index (χ0) is 18.8. The fourth-order valence-electron chi connectivity index (χ4n) is 3.15. The molecule has 2 heteroatoms. The van der Waals surface area contributed by atoms with Gasteiger partial charge in [-0.2, -0.15) is 0 Å². The van der Waals surface area contributed by atoms with Crippen LogP contribution in [0, 0.1) is 0 Å². The number of unbranched alkanes of at least 4 members (excludes halogenated alkanes) is 1.